The van der Waals surface area contributed by atoms with E-state index in [1.807, 2.05) is 29.0 Å². The van der Waals surface area contributed by atoms with Crippen LogP contribution >= 0.6 is 11.6 Å². The van der Waals surface area contributed by atoms with Crippen molar-refractivity contribution >= 4 is 34.3 Å². The number of carbonyl (C=O) groups excluding carboxylic acids is 1. The van der Waals surface area contributed by atoms with Crippen molar-refractivity contribution in [3.05, 3.63) is 29.4 Å². The van der Waals surface area contributed by atoms with Crippen molar-refractivity contribution < 1.29 is 4.79 Å². The SMILES string of the molecule is CC(C)n1cc(N=C=O)c2cccc(Cl)c21. The first-order valence-corrected chi connectivity index (χ1v) is 5.40. The predicted octanol–water partition coefficient (Wildman–Crippen LogP) is 3.84. The number of isocyanates is 1. The first kappa shape index (κ1) is 10.9. The molecule has 0 saturated carbocycles. The normalized spacial score (nSPS) is 10.8. The lowest BCUT2D eigenvalue weighted by Gasteiger charge is -2.09. The molecule has 1 aromatic heterocycles. The Labute approximate surface area is 98.4 Å². The zero-order valence-corrected chi connectivity index (χ0v) is 9.82. The Balaban J connectivity index is 2.87. The molecule has 82 valence electrons. The molecule has 0 aliphatic carbocycles. The Bertz CT molecular complexity index is 580. The molecule has 4 heteroatoms. The summed E-state index contributed by atoms with van der Waals surface area (Å²) in [4.78, 5) is 14.0. The highest BCUT2D eigenvalue weighted by Gasteiger charge is 2.12. The smallest absolute Gasteiger partial charge is 0.240 e. The molecule has 16 heavy (non-hydrogen) atoms. The molecule has 0 aliphatic heterocycles. The average Bonchev–Trinajstić information content (AvgIpc) is 2.60. The minimum atomic E-state index is 0.262. The average molecular weight is 235 g/mol. The summed E-state index contributed by atoms with van der Waals surface area (Å²) in [5.74, 6) is 0. The summed E-state index contributed by atoms with van der Waals surface area (Å²) < 4.78 is 2.01. The van der Waals surface area contributed by atoms with Crippen LogP contribution in [0.1, 0.15) is 19.9 Å². The van der Waals surface area contributed by atoms with Gasteiger partial charge in [-0.3, -0.25) is 0 Å². The molecule has 0 amide bonds. The monoisotopic (exact) mass is 234 g/mol. The number of aromatic nitrogens is 1. The molecular weight excluding hydrogens is 224 g/mol. The van der Waals surface area contributed by atoms with E-state index in [9.17, 15) is 4.79 Å². The predicted molar refractivity (Wildman–Crippen MR) is 65.1 cm³/mol. The summed E-state index contributed by atoms with van der Waals surface area (Å²) >= 11 is 6.16. The lowest BCUT2D eigenvalue weighted by Crippen LogP contribution is -1.98. The highest BCUT2D eigenvalue weighted by molar-refractivity contribution is 6.35. The van der Waals surface area contributed by atoms with Crippen LogP contribution in [0.15, 0.2) is 29.4 Å². The van der Waals surface area contributed by atoms with Gasteiger partial charge < -0.3 is 4.57 Å². The number of rotatable bonds is 2. The maximum Gasteiger partial charge on any atom is 0.240 e. The maximum absolute atomic E-state index is 10.3. The first-order valence-electron chi connectivity index (χ1n) is 5.02. The third-order valence-corrected chi connectivity index (χ3v) is 2.81. The van der Waals surface area contributed by atoms with Gasteiger partial charge in [-0.2, -0.15) is 4.99 Å². The first-order chi connectivity index (χ1) is 7.65. The number of benzene rings is 1. The van der Waals surface area contributed by atoms with E-state index in [1.54, 1.807) is 6.08 Å². The van der Waals surface area contributed by atoms with Crippen molar-refractivity contribution in [3.8, 4) is 0 Å². The van der Waals surface area contributed by atoms with E-state index in [0.29, 0.717) is 10.7 Å². The van der Waals surface area contributed by atoms with Gasteiger partial charge in [-0.1, -0.05) is 23.7 Å². The third kappa shape index (κ3) is 1.64. The molecule has 1 heterocycles. The van der Waals surface area contributed by atoms with E-state index in [4.69, 9.17) is 11.6 Å². The van der Waals surface area contributed by atoms with Gasteiger partial charge in [-0.25, -0.2) is 4.79 Å². The zero-order valence-electron chi connectivity index (χ0n) is 9.07. The van der Waals surface area contributed by atoms with E-state index >= 15 is 0 Å². The Kier molecular flexibility index (Phi) is 2.82. The van der Waals surface area contributed by atoms with Crippen LogP contribution < -0.4 is 0 Å². The van der Waals surface area contributed by atoms with Crippen molar-refractivity contribution in [1.82, 2.24) is 4.57 Å². The minimum Gasteiger partial charge on any atom is -0.342 e. The number of fused-ring (bicyclic) bond motifs is 1. The molecule has 0 atom stereocenters. The van der Waals surface area contributed by atoms with Crippen molar-refractivity contribution in [2.75, 3.05) is 0 Å². The summed E-state index contributed by atoms with van der Waals surface area (Å²) in [6, 6.07) is 5.84. The van der Waals surface area contributed by atoms with Crippen LogP contribution in [0.5, 0.6) is 0 Å². The second-order valence-corrected chi connectivity index (χ2v) is 4.26. The van der Waals surface area contributed by atoms with Gasteiger partial charge in [0.1, 0.15) is 5.69 Å². The number of hydrogen-bond donors (Lipinski definition) is 0. The molecular formula is C12H11ClN2O. The molecule has 0 fully saturated rings. The summed E-state index contributed by atoms with van der Waals surface area (Å²) in [5.41, 5.74) is 1.52. The summed E-state index contributed by atoms with van der Waals surface area (Å²) in [6.07, 6.45) is 3.39. The van der Waals surface area contributed by atoms with Crippen molar-refractivity contribution in [2.24, 2.45) is 4.99 Å². The fourth-order valence-electron chi connectivity index (χ4n) is 1.80. The molecule has 0 aliphatic rings. The summed E-state index contributed by atoms with van der Waals surface area (Å²) in [5, 5.41) is 1.54. The maximum atomic E-state index is 10.3. The van der Waals surface area contributed by atoms with Gasteiger partial charge in [0.05, 0.1) is 10.5 Å². The molecule has 3 nitrogen and oxygen atoms in total. The minimum absolute atomic E-state index is 0.262. The largest absolute Gasteiger partial charge is 0.342 e. The molecule has 0 radical (unpaired) electrons. The van der Waals surface area contributed by atoms with E-state index in [2.05, 4.69) is 18.8 Å². The quantitative estimate of drug-likeness (QED) is 0.574. The van der Waals surface area contributed by atoms with Gasteiger partial charge in [0, 0.05) is 17.6 Å². The van der Waals surface area contributed by atoms with Gasteiger partial charge in [0.25, 0.3) is 0 Å². The topological polar surface area (TPSA) is 34.4 Å². The third-order valence-electron chi connectivity index (χ3n) is 2.50. The Morgan fingerprint density at radius 1 is 1.44 bits per heavy atom. The number of aliphatic imine (C=N–C) groups is 1. The Hall–Kier alpha value is -1.57. The standard InChI is InChI=1S/C12H11ClN2O/c1-8(2)15-6-11(14-7-16)9-4-3-5-10(13)12(9)15/h3-6,8H,1-2H3. The number of hydrogen-bond acceptors (Lipinski definition) is 2. The zero-order chi connectivity index (χ0) is 11.7. The van der Waals surface area contributed by atoms with Crippen molar-refractivity contribution in [3.63, 3.8) is 0 Å². The van der Waals surface area contributed by atoms with E-state index in [0.717, 1.165) is 10.9 Å². The molecule has 0 bridgehead atoms. The second-order valence-electron chi connectivity index (χ2n) is 3.85. The van der Waals surface area contributed by atoms with Gasteiger partial charge in [-0.05, 0) is 19.9 Å². The van der Waals surface area contributed by atoms with Crippen LogP contribution in [0.2, 0.25) is 5.02 Å². The van der Waals surface area contributed by atoms with E-state index in [-0.39, 0.29) is 6.04 Å². The van der Waals surface area contributed by atoms with Crippen LogP contribution in [0.4, 0.5) is 5.69 Å². The lowest BCUT2D eigenvalue weighted by molar-refractivity contribution is 0.565. The fraction of sp³-hybridized carbons (Fsp3) is 0.250. The second kappa shape index (κ2) is 4.12. The number of nitrogens with zero attached hydrogens (tertiary/aromatic N) is 2. The van der Waals surface area contributed by atoms with Crippen LogP contribution in [0, 0.1) is 0 Å². The van der Waals surface area contributed by atoms with E-state index < -0.39 is 0 Å². The highest BCUT2D eigenvalue weighted by atomic mass is 35.5. The van der Waals surface area contributed by atoms with Gasteiger partial charge in [-0.15, -0.1) is 0 Å². The molecule has 0 unspecified atom stereocenters. The summed E-state index contributed by atoms with van der Waals surface area (Å²) in [7, 11) is 0. The lowest BCUT2D eigenvalue weighted by atomic mass is 10.2. The van der Waals surface area contributed by atoms with Crippen LogP contribution in [-0.2, 0) is 4.79 Å². The fourth-order valence-corrected chi connectivity index (χ4v) is 2.07. The molecule has 2 aromatic rings. The van der Waals surface area contributed by atoms with Crippen LogP contribution in [-0.4, -0.2) is 10.6 Å². The van der Waals surface area contributed by atoms with Crippen LogP contribution in [0.25, 0.3) is 10.9 Å². The number of para-hydroxylation sites is 1. The van der Waals surface area contributed by atoms with Gasteiger partial charge >= 0.3 is 0 Å². The Morgan fingerprint density at radius 2 is 2.19 bits per heavy atom. The van der Waals surface area contributed by atoms with Gasteiger partial charge in [0.15, 0.2) is 0 Å². The molecule has 0 N–H and O–H groups in total. The van der Waals surface area contributed by atoms with Crippen molar-refractivity contribution in [2.45, 2.75) is 19.9 Å². The summed E-state index contributed by atoms with van der Waals surface area (Å²) in [6.45, 7) is 4.11. The molecule has 0 spiro atoms. The Morgan fingerprint density at radius 3 is 2.81 bits per heavy atom. The molecule has 2 rings (SSSR count). The van der Waals surface area contributed by atoms with Crippen molar-refractivity contribution in [1.29, 1.82) is 0 Å². The van der Waals surface area contributed by atoms with Crippen LogP contribution in [0.3, 0.4) is 0 Å². The number of halogens is 1. The molecule has 0 saturated heterocycles. The highest BCUT2D eigenvalue weighted by Crippen LogP contribution is 2.34. The molecule has 1 aromatic carbocycles. The van der Waals surface area contributed by atoms with Gasteiger partial charge in [0.2, 0.25) is 6.08 Å². The van der Waals surface area contributed by atoms with E-state index in [1.165, 1.54) is 0 Å².